The molecule has 7 heteroatoms. The lowest BCUT2D eigenvalue weighted by molar-refractivity contribution is -0.274. The molecular weight excluding hydrogens is 275 g/mol. The van der Waals surface area contributed by atoms with Gasteiger partial charge in [0.15, 0.2) is 0 Å². The van der Waals surface area contributed by atoms with Crippen molar-refractivity contribution < 1.29 is 27.8 Å². The van der Waals surface area contributed by atoms with Crippen molar-refractivity contribution in [3.8, 4) is 5.75 Å². The zero-order valence-electron chi connectivity index (χ0n) is 10.6. The molecule has 1 unspecified atom stereocenters. The van der Waals surface area contributed by atoms with E-state index in [1.54, 1.807) is 0 Å². The van der Waals surface area contributed by atoms with E-state index in [2.05, 4.69) is 10.1 Å². The molecule has 0 aliphatic heterocycles. The fourth-order valence-electron chi connectivity index (χ4n) is 1.31. The van der Waals surface area contributed by atoms with E-state index >= 15 is 0 Å². The van der Waals surface area contributed by atoms with Crippen LogP contribution >= 0.6 is 0 Å². The monoisotopic (exact) mass is 289 g/mol. The van der Waals surface area contributed by atoms with Crippen molar-refractivity contribution in [3.05, 3.63) is 35.9 Å². The number of aliphatic hydroxyl groups is 1. The van der Waals surface area contributed by atoms with Crippen LogP contribution in [0.2, 0.25) is 0 Å². The van der Waals surface area contributed by atoms with Crippen molar-refractivity contribution in [2.75, 3.05) is 6.54 Å². The highest BCUT2D eigenvalue weighted by Gasteiger charge is 2.31. The number of benzene rings is 1. The normalized spacial score (nSPS) is 13.2. The Morgan fingerprint density at radius 2 is 2.10 bits per heavy atom. The molecule has 0 aliphatic carbocycles. The highest BCUT2D eigenvalue weighted by molar-refractivity contribution is 5.92. The predicted molar refractivity (Wildman–Crippen MR) is 66.8 cm³/mol. The number of hydrogen-bond acceptors (Lipinski definition) is 3. The van der Waals surface area contributed by atoms with Crippen molar-refractivity contribution in [2.24, 2.45) is 0 Å². The maximum absolute atomic E-state index is 12.2. The van der Waals surface area contributed by atoms with Gasteiger partial charge in [0.25, 0.3) is 0 Å². The summed E-state index contributed by atoms with van der Waals surface area (Å²) in [7, 11) is 0. The van der Waals surface area contributed by atoms with Crippen LogP contribution in [0, 0.1) is 0 Å². The first-order valence-corrected chi connectivity index (χ1v) is 5.76. The van der Waals surface area contributed by atoms with E-state index in [-0.39, 0.29) is 17.9 Å². The quantitative estimate of drug-likeness (QED) is 0.816. The standard InChI is InChI=1S/C13H14F3NO3/c1-9(18)8-17-12(19)7-6-10-4-2-3-5-11(10)20-13(14,15)16/h2-7,9,18H,8H2,1H3,(H,17,19)/b7-6+. The average molecular weight is 289 g/mol. The molecule has 1 amide bonds. The number of hydrogen-bond donors (Lipinski definition) is 2. The minimum atomic E-state index is -4.79. The Morgan fingerprint density at radius 3 is 2.70 bits per heavy atom. The molecular formula is C13H14F3NO3. The van der Waals surface area contributed by atoms with E-state index in [0.717, 1.165) is 12.1 Å². The van der Waals surface area contributed by atoms with Crippen LogP contribution in [-0.2, 0) is 4.79 Å². The molecule has 0 aromatic heterocycles. The first-order valence-electron chi connectivity index (χ1n) is 5.76. The van der Waals surface area contributed by atoms with Gasteiger partial charge in [-0.25, -0.2) is 0 Å². The Bertz CT molecular complexity index is 484. The lowest BCUT2D eigenvalue weighted by Gasteiger charge is -2.11. The molecule has 1 aromatic rings. The Labute approximate surface area is 113 Å². The van der Waals surface area contributed by atoms with Gasteiger partial charge < -0.3 is 15.2 Å². The van der Waals surface area contributed by atoms with Gasteiger partial charge in [0, 0.05) is 18.2 Å². The van der Waals surface area contributed by atoms with Gasteiger partial charge in [0.1, 0.15) is 5.75 Å². The van der Waals surface area contributed by atoms with Crippen LogP contribution in [0.4, 0.5) is 13.2 Å². The summed E-state index contributed by atoms with van der Waals surface area (Å²) in [6.45, 7) is 1.56. The van der Waals surface area contributed by atoms with E-state index < -0.39 is 18.4 Å². The number of halogens is 3. The van der Waals surface area contributed by atoms with Crippen LogP contribution < -0.4 is 10.1 Å². The van der Waals surface area contributed by atoms with Crippen molar-refractivity contribution in [1.82, 2.24) is 5.32 Å². The van der Waals surface area contributed by atoms with Gasteiger partial charge in [0.2, 0.25) is 5.91 Å². The number of aliphatic hydroxyl groups excluding tert-OH is 1. The SMILES string of the molecule is CC(O)CNC(=O)/C=C/c1ccccc1OC(F)(F)F. The van der Waals surface area contributed by atoms with Crippen LogP contribution in [0.1, 0.15) is 12.5 Å². The van der Waals surface area contributed by atoms with E-state index in [1.165, 1.54) is 31.2 Å². The van der Waals surface area contributed by atoms with Gasteiger partial charge in [-0.15, -0.1) is 13.2 Å². The molecule has 1 rings (SSSR count). The summed E-state index contributed by atoms with van der Waals surface area (Å²) in [6, 6.07) is 5.46. The van der Waals surface area contributed by atoms with E-state index in [0.29, 0.717) is 0 Å². The Kier molecular flexibility index (Phi) is 5.57. The second kappa shape index (κ2) is 6.95. The fraction of sp³-hybridized carbons (Fsp3) is 0.308. The first kappa shape index (κ1) is 16.0. The molecule has 110 valence electrons. The summed E-state index contributed by atoms with van der Waals surface area (Å²) in [6.07, 6.45) is -3.22. The van der Waals surface area contributed by atoms with Crippen LogP contribution in [0.15, 0.2) is 30.3 Å². The average Bonchev–Trinajstić information content (AvgIpc) is 2.33. The molecule has 0 heterocycles. The van der Waals surface area contributed by atoms with E-state index in [4.69, 9.17) is 5.11 Å². The molecule has 0 radical (unpaired) electrons. The molecule has 0 aliphatic rings. The molecule has 1 atom stereocenters. The summed E-state index contributed by atoms with van der Waals surface area (Å²) in [5, 5.41) is 11.4. The Hall–Kier alpha value is -2.02. The number of nitrogens with one attached hydrogen (secondary N) is 1. The number of carbonyl (C=O) groups excluding carboxylic acids is 1. The summed E-state index contributed by atoms with van der Waals surface area (Å²) in [5.74, 6) is -0.910. The second-order valence-electron chi connectivity index (χ2n) is 4.01. The summed E-state index contributed by atoms with van der Waals surface area (Å²) in [5.41, 5.74) is 0.122. The van der Waals surface area contributed by atoms with E-state index in [1.807, 2.05) is 0 Å². The fourth-order valence-corrected chi connectivity index (χ4v) is 1.31. The van der Waals surface area contributed by atoms with Gasteiger partial charge in [-0.2, -0.15) is 0 Å². The maximum atomic E-state index is 12.2. The summed E-state index contributed by atoms with van der Waals surface area (Å²) in [4.78, 5) is 11.3. The predicted octanol–water partition coefficient (Wildman–Crippen LogP) is 2.10. The van der Waals surface area contributed by atoms with Crippen LogP contribution in [0.3, 0.4) is 0 Å². The largest absolute Gasteiger partial charge is 0.573 e. The molecule has 4 nitrogen and oxygen atoms in total. The van der Waals surface area contributed by atoms with E-state index in [9.17, 15) is 18.0 Å². The number of ether oxygens (including phenoxy) is 1. The highest BCUT2D eigenvalue weighted by Crippen LogP contribution is 2.26. The number of carbonyl (C=O) groups is 1. The third-order valence-corrected chi connectivity index (χ3v) is 2.13. The van der Waals surface area contributed by atoms with Crippen molar-refractivity contribution in [2.45, 2.75) is 19.4 Å². The molecule has 0 saturated heterocycles. The molecule has 0 spiro atoms. The molecule has 1 aromatic carbocycles. The number of amides is 1. The van der Waals surface area contributed by atoms with Crippen molar-refractivity contribution in [1.29, 1.82) is 0 Å². The number of para-hydroxylation sites is 1. The molecule has 0 bridgehead atoms. The minimum absolute atomic E-state index is 0.0594. The third kappa shape index (κ3) is 6.24. The topological polar surface area (TPSA) is 58.6 Å². The van der Waals surface area contributed by atoms with Gasteiger partial charge in [-0.05, 0) is 19.1 Å². The number of alkyl halides is 3. The highest BCUT2D eigenvalue weighted by atomic mass is 19.4. The van der Waals surface area contributed by atoms with Gasteiger partial charge in [0.05, 0.1) is 6.10 Å². The molecule has 2 N–H and O–H groups in total. The first-order chi connectivity index (χ1) is 9.28. The zero-order chi connectivity index (χ0) is 15.2. The van der Waals surface area contributed by atoms with Crippen molar-refractivity contribution >= 4 is 12.0 Å². The smallest absolute Gasteiger partial charge is 0.405 e. The second-order valence-corrected chi connectivity index (χ2v) is 4.01. The van der Waals surface area contributed by atoms with Crippen molar-refractivity contribution in [3.63, 3.8) is 0 Å². The maximum Gasteiger partial charge on any atom is 0.573 e. The molecule has 0 fully saturated rings. The molecule has 20 heavy (non-hydrogen) atoms. The van der Waals surface area contributed by atoms with Crippen LogP contribution in [-0.4, -0.2) is 30.0 Å². The van der Waals surface area contributed by atoms with Crippen LogP contribution in [0.25, 0.3) is 6.08 Å². The zero-order valence-corrected chi connectivity index (χ0v) is 10.6. The van der Waals surface area contributed by atoms with Crippen LogP contribution in [0.5, 0.6) is 5.75 Å². The Balaban J connectivity index is 2.74. The summed E-state index contributed by atoms with van der Waals surface area (Å²) < 4.78 is 40.4. The Morgan fingerprint density at radius 1 is 1.45 bits per heavy atom. The third-order valence-electron chi connectivity index (χ3n) is 2.13. The van der Waals surface area contributed by atoms with Gasteiger partial charge in [-0.3, -0.25) is 4.79 Å². The lowest BCUT2D eigenvalue weighted by Crippen LogP contribution is -2.28. The van der Waals surface area contributed by atoms with Gasteiger partial charge in [-0.1, -0.05) is 18.2 Å². The number of rotatable bonds is 5. The summed E-state index contributed by atoms with van der Waals surface area (Å²) >= 11 is 0. The van der Waals surface area contributed by atoms with Gasteiger partial charge >= 0.3 is 6.36 Å². The minimum Gasteiger partial charge on any atom is -0.405 e. The molecule has 0 saturated carbocycles. The lowest BCUT2D eigenvalue weighted by atomic mass is 10.2.